The number of rotatable bonds is 3. The normalized spacial score (nSPS) is 24.8. The van der Waals surface area contributed by atoms with Crippen LogP contribution in [0.15, 0.2) is 6.07 Å². The number of hydrogen-bond donors (Lipinski definition) is 2. The molecule has 5 heteroatoms. The van der Waals surface area contributed by atoms with Crippen molar-refractivity contribution in [3.63, 3.8) is 0 Å². The van der Waals surface area contributed by atoms with Gasteiger partial charge in [-0.1, -0.05) is 0 Å². The fourth-order valence-corrected chi connectivity index (χ4v) is 2.55. The molecule has 2 heterocycles. The summed E-state index contributed by atoms with van der Waals surface area (Å²) >= 11 is 0. The van der Waals surface area contributed by atoms with Crippen molar-refractivity contribution < 1.29 is 4.79 Å². The molecule has 1 amide bonds. The molecule has 17 heavy (non-hydrogen) atoms. The third-order valence-corrected chi connectivity index (χ3v) is 3.45. The van der Waals surface area contributed by atoms with Gasteiger partial charge < -0.3 is 11.1 Å². The maximum Gasteiger partial charge on any atom is 0.234 e. The lowest BCUT2D eigenvalue weighted by Crippen LogP contribution is -2.47. The number of primary amides is 1. The SMILES string of the molecule is Cc1cc(CC2CCNC(C(N)=O)C2)n(C)n1. The smallest absolute Gasteiger partial charge is 0.234 e. The van der Waals surface area contributed by atoms with Gasteiger partial charge in [0.15, 0.2) is 0 Å². The molecule has 1 aliphatic heterocycles. The Hall–Kier alpha value is -1.36. The Morgan fingerprint density at radius 2 is 2.47 bits per heavy atom. The number of hydrogen-bond acceptors (Lipinski definition) is 3. The minimum Gasteiger partial charge on any atom is -0.368 e. The van der Waals surface area contributed by atoms with Crippen LogP contribution in [0.5, 0.6) is 0 Å². The highest BCUT2D eigenvalue weighted by Crippen LogP contribution is 2.21. The molecule has 1 aliphatic rings. The molecule has 0 saturated carbocycles. The van der Waals surface area contributed by atoms with Crippen LogP contribution < -0.4 is 11.1 Å². The lowest BCUT2D eigenvalue weighted by atomic mass is 9.88. The van der Waals surface area contributed by atoms with Crippen molar-refractivity contribution in [3.05, 3.63) is 17.5 Å². The summed E-state index contributed by atoms with van der Waals surface area (Å²) in [6, 6.07) is 1.95. The number of nitrogens with zero attached hydrogens (tertiary/aromatic N) is 2. The van der Waals surface area contributed by atoms with Crippen LogP contribution in [0.25, 0.3) is 0 Å². The van der Waals surface area contributed by atoms with Crippen LogP contribution in [0.2, 0.25) is 0 Å². The van der Waals surface area contributed by atoms with Gasteiger partial charge in [0.05, 0.1) is 11.7 Å². The van der Waals surface area contributed by atoms with Crippen LogP contribution in [0.3, 0.4) is 0 Å². The molecule has 0 bridgehead atoms. The molecule has 1 fully saturated rings. The van der Waals surface area contributed by atoms with Gasteiger partial charge in [-0.3, -0.25) is 9.48 Å². The molecule has 2 unspecified atom stereocenters. The van der Waals surface area contributed by atoms with Crippen molar-refractivity contribution in [2.75, 3.05) is 6.54 Å². The first kappa shape index (κ1) is 12.1. The molecule has 1 aromatic rings. The number of nitrogens with one attached hydrogen (secondary N) is 1. The molecular formula is C12H20N4O. The van der Waals surface area contributed by atoms with Crippen molar-refractivity contribution in [2.24, 2.45) is 18.7 Å². The van der Waals surface area contributed by atoms with Crippen molar-refractivity contribution in [2.45, 2.75) is 32.2 Å². The molecule has 1 aromatic heterocycles. The average molecular weight is 236 g/mol. The van der Waals surface area contributed by atoms with Crippen LogP contribution in [-0.4, -0.2) is 28.3 Å². The van der Waals surface area contributed by atoms with Crippen LogP contribution in [0.4, 0.5) is 0 Å². The standard InChI is InChI=1S/C12H20N4O/c1-8-5-10(16(2)15-8)6-9-3-4-14-11(7-9)12(13)17/h5,9,11,14H,3-4,6-7H2,1-2H3,(H2,13,17). The summed E-state index contributed by atoms with van der Waals surface area (Å²) < 4.78 is 1.93. The van der Waals surface area contributed by atoms with E-state index in [0.717, 1.165) is 31.5 Å². The molecule has 3 N–H and O–H groups in total. The number of carbonyl (C=O) groups is 1. The fraction of sp³-hybridized carbons (Fsp3) is 0.667. The summed E-state index contributed by atoms with van der Waals surface area (Å²) in [6.07, 6.45) is 2.90. The zero-order valence-electron chi connectivity index (χ0n) is 10.4. The topological polar surface area (TPSA) is 72.9 Å². The second-order valence-electron chi connectivity index (χ2n) is 4.90. The molecule has 5 nitrogen and oxygen atoms in total. The first-order valence-electron chi connectivity index (χ1n) is 6.08. The lowest BCUT2D eigenvalue weighted by molar-refractivity contribution is -0.120. The average Bonchev–Trinajstić information content (AvgIpc) is 2.58. The van der Waals surface area contributed by atoms with E-state index in [0.29, 0.717) is 5.92 Å². The molecule has 0 aliphatic carbocycles. The summed E-state index contributed by atoms with van der Waals surface area (Å²) in [5, 5.41) is 7.50. The summed E-state index contributed by atoms with van der Waals surface area (Å²) in [6.45, 7) is 2.87. The van der Waals surface area contributed by atoms with Gasteiger partial charge in [-0.05, 0) is 44.7 Å². The van der Waals surface area contributed by atoms with Gasteiger partial charge in [0.1, 0.15) is 0 Å². The van der Waals surface area contributed by atoms with Crippen LogP contribution in [0.1, 0.15) is 24.2 Å². The monoisotopic (exact) mass is 236 g/mol. The van der Waals surface area contributed by atoms with Crippen molar-refractivity contribution in [1.82, 2.24) is 15.1 Å². The van der Waals surface area contributed by atoms with E-state index in [1.807, 2.05) is 18.7 Å². The van der Waals surface area contributed by atoms with Crippen LogP contribution in [0, 0.1) is 12.8 Å². The van der Waals surface area contributed by atoms with Crippen molar-refractivity contribution in [1.29, 1.82) is 0 Å². The Kier molecular flexibility index (Phi) is 3.47. The number of piperidine rings is 1. The van der Waals surface area contributed by atoms with Gasteiger partial charge in [-0.2, -0.15) is 5.10 Å². The third-order valence-electron chi connectivity index (χ3n) is 3.45. The summed E-state index contributed by atoms with van der Waals surface area (Å²) in [4.78, 5) is 11.2. The minimum atomic E-state index is -0.240. The van der Waals surface area contributed by atoms with Gasteiger partial charge in [0, 0.05) is 12.7 Å². The third kappa shape index (κ3) is 2.85. The first-order chi connectivity index (χ1) is 8.06. The van der Waals surface area contributed by atoms with E-state index in [1.54, 1.807) is 0 Å². The first-order valence-corrected chi connectivity index (χ1v) is 6.08. The molecule has 2 atom stereocenters. The Morgan fingerprint density at radius 1 is 1.71 bits per heavy atom. The second-order valence-corrected chi connectivity index (χ2v) is 4.90. The predicted octanol–water partition coefficient (Wildman–Crippen LogP) is 0.125. The number of carbonyl (C=O) groups excluding carboxylic acids is 1. The molecule has 0 radical (unpaired) electrons. The number of nitrogens with two attached hydrogens (primary N) is 1. The number of amides is 1. The highest BCUT2D eigenvalue weighted by molar-refractivity contribution is 5.79. The highest BCUT2D eigenvalue weighted by atomic mass is 16.1. The van der Waals surface area contributed by atoms with E-state index in [1.165, 1.54) is 5.69 Å². The van der Waals surface area contributed by atoms with Crippen molar-refractivity contribution in [3.8, 4) is 0 Å². The van der Waals surface area contributed by atoms with Gasteiger partial charge in [-0.15, -0.1) is 0 Å². The molecule has 0 spiro atoms. The fourth-order valence-electron chi connectivity index (χ4n) is 2.55. The Morgan fingerprint density at radius 3 is 3.06 bits per heavy atom. The zero-order valence-corrected chi connectivity index (χ0v) is 10.4. The molecule has 1 saturated heterocycles. The molecular weight excluding hydrogens is 216 g/mol. The van der Waals surface area contributed by atoms with E-state index in [2.05, 4.69) is 16.5 Å². The Bertz CT molecular complexity index is 413. The summed E-state index contributed by atoms with van der Waals surface area (Å²) in [7, 11) is 1.97. The lowest BCUT2D eigenvalue weighted by Gasteiger charge is -2.28. The largest absolute Gasteiger partial charge is 0.368 e. The van der Waals surface area contributed by atoms with E-state index in [4.69, 9.17) is 5.73 Å². The summed E-state index contributed by atoms with van der Waals surface area (Å²) in [5.41, 5.74) is 7.62. The van der Waals surface area contributed by atoms with Crippen molar-refractivity contribution >= 4 is 5.91 Å². The van der Waals surface area contributed by atoms with Gasteiger partial charge in [0.25, 0.3) is 0 Å². The molecule has 2 rings (SSSR count). The van der Waals surface area contributed by atoms with E-state index < -0.39 is 0 Å². The predicted molar refractivity (Wildman–Crippen MR) is 65.4 cm³/mol. The minimum absolute atomic E-state index is 0.164. The Balaban J connectivity index is 1.99. The van der Waals surface area contributed by atoms with E-state index in [9.17, 15) is 4.79 Å². The number of aryl methyl sites for hydroxylation is 2. The zero-order chi connectivity index (χ0) is 12.4. The van der Waals surface area contributed by atoms with E-state index in [-0.39, 0.29) is 11.9 Å². The quantitative estimate of drug-likeness (QED) is 0.783. The van der Waals surface area contributed by atoms with Crippen LogP contribution in [-0.2, 0) is 18.3 Å². The van der Waals surface area contributed by atoms with Gasteiger partial charge in [-0.25, -0.2) is 0 Å². The second kappa shape index (κ2) is 4.87. The maximum absolute atomic E-state index is 11.2. The number of aromatic nitrogens is 2. The van der Waals surface area contributed by atoms with Gasteiger partial charge in [0.2, 0.25) is 5.91 Å². The molecule has 94 valence electrons. The highest BCUT2D eigenvalue weighted by Gasteiger charge is 2.25. The summed E-state index contributed by atoms with van der Waals surface area (Å²) in [5.74, 6) is 0.277. The molecule has 0 aromatic carbocycles. The Labute approximate surface area is 101 Å². The van der Waals surface area contributed by atoms with Gasteiger partial charge >= 0.3 is 0 Å². The van der Waals surface area contributed by atoms with Crippen LogP contribution >= 0.6 is 0 Å². The maximum atomic E-state index is 11.2. The van der Waals surface area contributed by atoms with E-state index >= 15 is 0 Å².